The van der Waals surface area contributed by atoms with E-state index in [9.17, 15) is 0 Å². The Morgan fingerprint density at radius 3 is 2.50 bits per heavy atom. The first-order chi connectivity index (χ1) is 5.86. The maximum atomic E-state index is 4.59. The van der Waals surface area contributed by atoms with Gasteiger partial charge in [0.25, 0.3) is 0 Å². The summed E-state index contributed by atoms with van der Waals surface area (Å²) >= 11 is 0. The van der Waals surface area contributed by atoms with E-state index in [-0.39, 0.29) is 0 Å². The summed E-state index contributed by atoms with van der Waals surface area (Å²) in [5, 5.41) is 4.59. The number of likely N-dealkylation sites (N-methyl/N-ethyl adjacent to an activating group) is 1. The fourth-order valence-corrected chi connectivity index (χ4v) is 2.02. The molecular weight excluding hydrogens is 150 g/mol. The summed E-state index contributed by atoms with van der Waals surface area (Å²) in [4.78, 5) is 4.93. The fraction of sp³-hybridized carbons (Fsp3) is 1.00. The smallest absolute Gasteiger partial charge is 0.0762 e. The molecule has 3 heteroatoms. The molecule has 2 heterocycles. The maximum Gasteiger partial charge on any atom is 0.0762 e. The molecule has 2 saturated heterocycles. The SMILES string of the molecule is CN1CCN(C2CCC[N]2)CC1. The van der Waals surface area contributed by atoms with Crippen molar-refractivity contribution in [2.75, 3.05) is 39.8 Å². The highest BCUT2D eigenvalue weighted by Crippen LogP contribution is 2.13. The molecule has 12 heavy (non-hydrogen) atoms. The molecule has 2 rings (SSSR count). The molecular formula is C9H18N3. The quantitative estimate of drug-likeness (QED) is 0.547. The van der Waals surface area contributed by atoms with Gasteiger partial charge in [-0.2, -0.15) is 0 Å². The van der Waals surface area contributed by atoms with Gasteiger partial charge in [-0.25, -0.2) is 5.32 Å². The van der Waals surface area contributed by atoms with Gasteiger partial charge < -0.3 is 4.90 Å². The van der Waals surface area contributed by atoms with Crippen LogP contribution in [0.15, 0.2) is 0 Å². The second kappa shape index (κ2) is 3.73. The van der Waals surface area contributed by atoms with Gasteiger partial charge in [-0.15, -0.1) is 0 Å². The van der Waals surface area contributed by atoms with E-state index < -0.39 is 0 Å². The molecule has 0 bridgehead atoms. The standard InChI is InChI=1S/C9H18N3/c1-11-5-7-12(8-6-11)9-3-2-4-10-9/h9H,2-8H2,1H3. The Hall–Kier alpha value is -0.120. The second-order valence-corrected chi connectivity index (χ2v) is 3.87. The third kappa shape index (κ3) is 1.79. The lowest BCUT2D eigenvalue weighted by Crippen LogP contribution is -2.50. The lowest BCUT2D eigenvalue weighted by atomic mass is 10.2. The second-order valence-electron chi connectivity index (χ2n) is 3.87. The van der Waals surface area contributed by atoms with Crippen molar-refractivity contribution in [3.8, 4) is 0 Å². The minimum Gasteiger partial charge on any atom is -0.304 e. The van der Waals surface area contributed by atoms with Crippen LogP contribution < -0.4 is 5.32 Å². The summed E-state index contributed by atoms with van der Waals surface area (Å²) in [6, 6.07) is 0. The Morgan fingerprint density at radius 1 is 1.17 bits per heavy atom. The molecule has 2 aliphatic rings. The van der Waals surface area contributed by atoms with Crippen LogP contribution in [0, 0.1) is 0 Å². The van der Waals surface area contributed by atoms with Crippen molar-refractivity contribution < 1.29 is 0 Å². The van der Waals surface area contributed by atoms with E-state index in [2.05, 4.69) is 22.2 Å². The van der Waals surface area contributed by atoms with E-state index in [0.717, 1.165) is 6.54 Å². The van der Waals surface area contributed by atoms with E-state index in [1.165, 1.54) is 39.0 Å². The van der Waals surface area contributed by atoms with Crippen LogP contribution in [0.3, 0.4) is 0 Å². The van der Waals surface area contributed by atoms with Crippen molar-refractivity contribution in [1.29, 1.82) is 0 Å². The highest BCUT2D eigenvalue weighted by atomic mass is 15.3. The molecule has 0 spiro atoms. The minimum absolute atomic E-state index is 0.568. The first-order valence-corrected chi connectivity index (χ1v) is 4.95. The molecule has 0 aromatic heterocycles. The van der Waals surface area contributed by atoms with Gasteiger partial charge in [-0.05, 0) is 19.9 Å². The Balaban J connectivity index is 1.80. The van der Waals surface area contributed by atoms with Crippen LogP contribution in [0.5, 0.6) is 0 Å². The van der Waals surface area contributed by atoms with Crippen LogP contribution in [0.25, 0.3) is 0 Å². The van der Waals surface area contributed by atoms with Gasteiger partial charge in [0.1, 0.15) is 0 Å². The van der Waals surface area contributed by atoms with Gasteiger partial charge in [0.05, 0.1) is 6.17 Å². The van der Waals surface area contributed by atoms with Gasteiger partial charge >= 0.3 is 0 Å². The number of hydrogen-bond acceptors (Lipinski definition) is 2. The Kier molecular flexibility index (Phi) is 2.63. The van der Waals surface area contributed by atoms with Crippen LogP contribution in [-0.2, 0) is 0 Å². The third-order valence-corrected chi connectivity index (χ3v) is 2.92. The normalized spacial score (nSPS) is 34.2. The van der Waals surface area contributed by atoms with E-state index >= 15 is 0 Å². The molecule has 1 unspecified atom stereocenters. The average molecular weight is 168 g/mol. The van der Waals surface area contributed by atoms with Crippen LogP contribution in [-0.4, -0.2) is 55.7 Å². The molecule has 0 N–H and O–H groups in total. The minimum atomic E-state index is 0.568. The topological polar surface area (TPSA) is 20.6 Å². The van der Waals surface area contributed by atoms with Gasteiger partial charge in [0.2, 0.25) is 0 Å². The zero-order valence-corrected chi connectivity index (χ0v) is 7.87. The predicted molar refractivity (Wildman–Crippen MR) is 49.1 cm³/mol. The number of piperazine rings is 1. The van der Waals surface area contributed by atoms with Crippen molar-refractivity contribution >= 4 is 0 Å². The summed E-state index contributed by atoms with van der Waals surface area (Å²) in [5.41, 5.74) is 0. The molecule has 0 amide bonds. The zero-order chi connectivity index (χ0) is 8.39. The van der Waals surface area contributed by atoms with Crippen LogP contribution >= 0.6 is 0 Å². The number of rotatable bonds is 1. The zero-order valence-electron chi connectivity index (χ0n) is 7.87. The van der Waals surface area contributed by atoms with Gasteiger partial charge in [-0.1, -0.05) is 0 Å². The molecule has 3 nitrogen and oxygen atoms in total. The van der Waals surface area contributed by atoms with Crippen molar-refractivity contribution in [3.05, 3.63) is 0 Å². The van der Waals surface area contributed by atoms with Crippen molar-refractivity contribution in [2.24, 2.45) is 0 Å². The molecule has 0 aromatic carbocycles. The summed E-state index contributed by atoms with van der Waals surface area (Å²) in [7, 11) is 2.20. The van der Waals surface area contributed by atoms with E-state index in [1.807, 2.05) is 0 Å². The average Bonchev–Trinajstić information content (AvgIpc) is 2.58. The molecule has 1 radical (unpaired) electrons. The highest BCUT2D eigenvalue weighted by Gasteiger charge is 2.25. The summed E-state index contributed by atoms with van der Waals surface area (Å²) in [5.74, 6) is 0. The Morgan fingerprint density at radius 2 is 1.92 bits per heavy atom. The van der Waals surface area contributed by atoms with Gasteiger partial charge in [0, 0.05) is 32.7 Å². The first kappa shape index (κ1) is 8.48. The first-order valence-electron chi connectivity index (χ1n) is 4.95. The molecule has 69 valence electrons. The van der Waals surface area contributed by atoms with Crippen molar-refractivity contribution in [1.82, 2.24) is 15.1 Å². The van der Waals surface area contributed by atoms with Gasteiger partial charge in [0.15, 0.2) is 0 Å². The molecule has 0 aliphatic carbocycles. The number of nitrogens with zero attached hydrogens (tertiary/aromatic N) is 3. The van der Waals surface area contributed by atoms with Crippen LogP contribution in [0.4, 0.5) is 0 Å². The van der Waals surface area contributed by atoms with Crippen molar-refractivity contribution in [3.63, 3.8) is 0 Å². The van der Waals surface area contributed by atoms with Crippen molar-refractivity contribution in [2.45, 2.75) is 19.0 Å². The van der Waals surface area contributed by atoms with Gasteiger partial charge in [-0.3, -0.25) is 4.90 Å². The molecule has 0 aromatic rings. The monoisotopic (exact) mass is 168 g/mol. The largest absolute Gasteiger partial charge is 0.304 e. The Bertz CT molecular complexity index is 135. The fourth-order valence-electron chi connectivity index (χ4n) is 2.02. The lowest BCUT2D eigenvalue weighted by Gasteiger charge is -2.35. The summed E-state index contributed by atoms with van der Waals surface area (Å²) < 4.78 is 0. The molecule has 2 fully saturated rings. The van der Waals surface area contributed by atoms with Crippen LogP contribution in [0.2, 0.25) is 0 Å². The third-order valence-electron chi connectivity index (χ3n) is 2.92. The molecule has 0 saturated carbocycles. The maximum absolute atomic E-state index is 4.59. The number of hydrogen-bond donors (Lipinski definition) is 0. The molecule has 2 aliphatic heterocycles. The highest BCUT2D eigenvalue weighted by molar-refractivity contribution is 4.79. The summed E-state index contributed by atoms with van der Waals surface area (Å²) in [6.45, 7) is 5.95. The summed E-state index contributed by atoms with van der Waals surface area (Å²) in [6.07, 6.45) is 3.17. The van der Waals surface area contributed by atoms with Crippen LogP contribution in [0.1, 0.15) is 12.8 Å². The lowest BCUT2D eigenvalue weighted by molar-refractivity contribution is 0.102. The van der Waals surface area contributed by atoms with E-state index in [1.54, 1.807) is 0 Å². The Labute approximate surface area is 74.7 Å². The molecule has 1 atom stereocenters. The van der Waals surface area contributed by atoms with E-state index in [4.69, 9.17) is 0 Å². The predicted octanol–water partition coefficient (Wildman–Crippen LogP) is -0.0419. The van der Waals surface area contributed by atoms with E-state index in [0.29, 0.717) is 6.17 Å².